The van der Waals surface area contributed by atoms with E-state index in [0.29, 0.717) is 29.0 Å². The van der Waals surface area contributed by atoms with Gasteiger partial charge in [0.1, 0.15) is 29.2 Å². The number of nitrogens with zero attached hydrogens (tertiary/aromatic N) is 1. The van der Waals surface area contributed by atoms with E-state index in [4.69, 9.17) is 9.47 Å². The molecule has 3 unspecified atom stereocenters. The van der Waals surface area contributed by atoms with E-state index in [1.165, 1.54) is 12.1 Å². The summed E-state index contributed by atoms with van der Waals surface area (Å²) >= 11 is 0. The van der Waals surface area contributed by atoms with Crippen LogP contribution in [0, 0.1) is 6.92 Å². The second-order valence-corrected chi connectivity index (χ2v) is 11.5. The standard InChI is InChI=1S/C34H43N3O6/c1-8-23(3)37(32(40)29(36-33(41)43-34(4,5)6)21-24-13-17-26(38)18-14-24)30(28-12-10-9-11-22(28)2)31(39)35-25-15-19-27(42-7)20-16-25/h9-20,23,29-30,38H,8,21H2,1-7H3,(H,35,39)(H,36,41). The molecule has 0 saturated carbocycles. The van der Waals surface area contributed by atoms with Crippen LogP contribution in [0.2, 0.25) is 0 Å². The first-order chi connectivity index (χ1) is 20.3. The van der Waals surface area contributed by atoms with Gasteiger partial charge in [0.25, 0.3) is 5.91 Å². The summed E-state index contributed by atoms with van der Waals surface area (Å²) in [5.74, 6) is -0.0990. The third-order valence-electron chi connectivity index (χ3n) is 7.05. The van der Waals surface area contributed by atoms with Gasteiger partial charge >= 0.3 is 6.09 Å². The molecule has 0 heterocycles. The van der Waals surface area contributed by atoms with Crippen LogP contribution in [0.4, 0.5) is 10.5 Å². The number of ether oxygens (including phenoxy) is 2. The summed E-state index contributed by atoms with van der Waals surface area (Å²) in [6.07, 6.45) is -0.0716. The van der Waals surface area contributed by atoms with Gasteiger partial charge in [-0.2, -0.15) is 0 Å². The van der Waals surface area contributed by atoms with Gasteiger partial charge in [-0.05, 0) is 94.1 Å². The number of hydrogen-bond donors (Lipinski definition) is 3. The lowest BCUT2D eigenvalue weighted by Gasteiger charge is -2.38. The van der Waals surface area contributed by atoms with Crippen molar-refractivity contribution in [2.45, 2.75) is 78.1 Å². The van der Waals surface area contributed by atoms with Crippen molar-refractivity contribution in [3.05, 3.63) is 89.5 Å². The molecular weight excluding hydrogens is 546 g/mol. The monoisotopic (exact) mass is 589 g/mol. The molecule has 3 aromatic carbocycles. The quantitative estimate of drug-likeness (QED) is 0.247. The van der Waals surface area contributed by atoms with Crippen LogP contribution in [-0.4, -0.2) is 52.7 Å². The fraction of sp³-hybridized carbons (Fsp3) is 0.382. The fourth-order valence-electron chi connectivity index (χ4n) is 4.69. The Kier molecular flexibility index (Phi) is 11.2. The minimum Gasteiger partial charge on any atom is -0.508 e. The van der Waals surface area contributed by atoms with Crippen molar-refractivity contribution in [3.63, 3.8) is 0 Å². The number of nitrogens with one attached hydrogen (secondary N) is 2. The molecule has 9 heteroatoms. The fourth-order valence-corrected chi connectivity index (χ4v) is 4.69. The molecule has 0 spiro atoms. The Labute approximate surface area is 254 Å². The molecule has 3 aromatic rings. The molecule has 0 bridgehead atoms. The Bertz CT molecular complexity index is 1380. The third-order valence-corrected chi connectivity index (χ3v) is 7.05. The Balaban J connectivity index is 2.08. The molecule has 0 fully saturated rings. The summed E-state index contributed by atoms with van der Waals surface area (Å²) in [6.45, 7) is 11.0. The number of amides is 3. The number of aryl methyl sites for hydroxylation is 1. The molecule has 0 radical (unpaired) electrons. The van der Waals surface area contributed by atoms with Gasteiger partial charge in [0.15, 0.2) is 0 Å². The number of phenols is 1. The zero-order chi connectivity index (χ0) is 31.7. The highest BCUT2D eigenvalue weighted by Gasteiger charge is 2.39. The Morgan fingerprint density at radius 2 is 1.58 bits per heavy atom. The van der Waals surface area contributed by atoms with Crippen molar-refractivity contribution < 1.29 is 29.0 Å². The van der Waals surface area contributed by atoms with E-state index in [1.54, 1.807) is 69.2 Å². The van der Waals surface area contributed by atoms with Gasteiger partial charge in [-0.1, -0.05) is 43.3 Å². The molecule has 0 saturated heterocycles. The zero-order valence-corrected chi connectivity index (χ0v) is 26.0. The Hall–Kier alpha value is -4.53. The second-order valence-electron chi connectivity index (χ2n) is 11.5. The smallest absolute Gasteiger partial charge is 0.408 e. The van der Waals surface area contributed by atoms with Gasteiger partial charge in [-0.25, -0.2) is 4.79 Å². The van der Waals surface area contributed by atoms with E-state index in [2.05, 4.69) is 10.6 Å². The van der Waals surface area contributed by atoms with Crippen LogP contribution in [0.3, 0.4) is 0 Å². The van der Waals surface area contributed by atoms with E-state index in [1.807, 2.05) is 45.0 Å². The van der Waals surface area contributed by atoms with Gasteiger partial charge in [0, 0.05) is 18.2 Å². The van der Waals surface area contributed by atoms with Crippen LogP contribution in [0.15, 0.2) is 72.8 Å². The highest BCUT2D eigenvalue weighted by molar-refractivity contribution is 5.99. The van der Waals surface area contributed by atoms with Crippen LogP contribution >= 0.6 is 0 Å². The molecule has 43 heavy (non-hydrogen) atoms. The Morgan fingerprint density at radius 1 is 0.953 bits per heavy atom. The maximum atomic E-state index is 14.6. The predicted molar refractivity (Wildman–Crippen MR) is 167 cm³/mol. The van der Waals surface area contributed by atoms with Crippen LogP contribution in [0.25, 0.3) is 0 Å². The van der Waals surface area contributed by atoms with Crippen molar-refractivity contribution in [1.29, 1.82) is 0 Å². The summed E-state index contributed by atoms with van der Waals surface area (Å²) in [5, 5.41) is 15.5. The molecule has 3 N–H and O–H groups in total. The highest BCUT2D eigenvalue weighted by atomic mass is 16.6. The van der Waals surface area contributed by atoms with Crippen molar-refractivity contribution in [2.24, 2.45) is 0 Å². The lowest BCUT2D eigenvalue weighted by molar-refractivity contribution is -0.143. The van der Waals surface area contributed by atoms with Crippen LogP contribution in [0.1, 0.15) is 63.8 Å². The zero-order valence-electron chi connectivity index (χ0n) is 26.0. The molecule has 0 aliphatic carbocycles. The van der Waals surface area contributed by atoms with Crippen molar-refractivity contribution in [1.82, 2.24) is 10.2 Å². The number of alkyl carbamates (subject to hydrolysis) is 1. The third kappa shape index (κ3) is 9.23. The number of methoxy groups -OCH3 is 1. The van der Waals surface area contributed by atoms with Crippen LogP contribution < -0.4 is 15.4 Å². The number of hydrogen-bond acceptors (Lipinski definition) is 6. The lowest BCUT2D eigenvalue weighted by atomic mass is 9.95. The summed E-state index contributed by atoms with van der Waals surface area (Å²) in [6, 6.07) is 18.4. The number of carbonyl (C=O) groups is 3. The molecule has 9 nitrogen and oxygen atoms in total. The number of carbonyl (C=O) groups excluding carboxylic acids is 3. The molecular formula is C34H43N3O6. The average Bonchev–Trinajstić information content (AvgIpc) is 2.96. The Morgan fingerprint density at radius 3 is 2.14 bits per heavy atom. The molecule has 0 aromatic heterocycles. The normalized spacial score (nSPS) is 13.3. The topological polar surface area (TPSA) is 117 Å². The largest absolute Gasteiger partial charge is 0.508 e. The van der Waals surface area contributed by atoms with Gasteiger partial charge in [0.05, 0.1) is 7.11 Å². The number of rotatable bonds is 11. The number of benzene rings is 3. The number of phenolic OH excluding ortho intramolecular Hbond substituents is 1. The SMILES string of the molecule is CCC(C)N(C(=O)C(Cc1ccc(O)cc1)NC(=O)OC(C)(C)C)C(C(=O)Nc1ccc(OC)cc1)c1ccccc1C. The summed E-state index contributed by atoms with van der Waals surface area (Å²) in [4.78, 5) is 43.3. The van der Waals surface area contributed by atoms with Crippen molar-refractivity contribution in [2.75, 3.05) is 12.4 Å². The van der Waals surface area contributed by atoms with E-state index in [9.17, 15) is 19.5 Å². The van der Waals surface area contributed by atoms with Crippen molar-refractivity contribution >= 4 is 23.6 Å². The minimum atomic E-state index is -1.06. The molecule has 0 aliphatic rings. The second kappa shape index (κ2) is 14.6. The first kappa shape index (κ1) is 33.0. The molecule has 3 rings (SSSR count). The lowest BCUT2D eigenvalue weighted by Crippen LogP contribution is -2.55. The summed E-state index contributed by atoms with van der Waals surface area (Å²) in [5.41, 5.74) is 1.99. The number of aromatic hydroxyl groups is 1. The number of anilines is 1. The van der Waals surface area contributed by atoms with Crippen molar-refractivity contribution in [3.8, 4) is 11.5 Å². The van der Waals surface area contributed by atoms with E-state index >= 15 is 0 Å². The van der Waals surface area contributed by atoms with E-state index in [0.717, 1.165) is 5.56 Å². The summed E-state index contributed by atoms with van der Waals surface area (Å²) in [7, 11) is 1.57. The van der Waals surface area contributed by atoms with E-state index in [-0.39, 0.29) is 18.2 Å². The molecule has 230 valence electrons. The van der Waals surface area contributed by atoms with Gasteiger partial charge in [-0.3, -0.25) is 9.59 Å². The highest BCUT2D eigenvalue weighted by Crippen LogP contribution is 2.30. The summed E-state index contributed by atoms with van der Waals surface area (Å²) < 4.78 is 10.7. The maximum Gasteiger partial charge on any atom is 0.408 e. The van der Waals surface area contributed by atoms with Gasteiger partial charge < -0.3 is 30.1 Å². The molecule has 3 amide bonds. The molecule has 3 atom stereocenters. The molecule has 0 aliphatic heterocycles. The van der Waals surface area contributed by atoms with Gasteiger partial charge in [0.2, 0.25) is 5.91 Å². The average molecular weight is 590 g/mol. The first-order valence-corrected chi connectivity index (χ1v) is 14.4. The van der Waals surface area contributed by atoms with Gasteiger partial charge in [-0.15, -0.1) is 0 Å². The van der Waals surface area contributed by atoms with E-state index < -0.39 is 35.6 Å². The van der Waals surface area contributed by atoms with Crippen LogP contribution in [-0.2, 0) is 20.7 Å². The predicted octanol–water partition coefficient (Wildman–Crippen LogP) is 6.15. The maximum absolute atomic E-state index is 14.6. The first-order valence-electron chi connectivity index (χ1n) is 14.4. The minimum absolute atomic E-state index is 0.0859. The van der Waals surface area contributed by atoms with Crippen LogP contribution in [0.5, 0.6) is 11.5 Å².